The van der Waals surface area contributed by atoms with Gasteiger partial charge in [0.1, 0.15) is 25.9 Å². The summed E-state index contributed by atoms with van der Waals surface area (Å²) in [7, 11) is 0. The lowest BCUT2D eigenvalue weighted by atomic mass is 10.1. The third-order valence-corrected chi connectivity index (χ3v) is 3.00. The molecule has 1 saturated heterocycles. The van der Waals surface area contributed by atoms with Gasteiger partial charge in [-0.1, -0.05) is 5.92 Å². The molecule has 4 atom stereocenters. The highest BCUT2D eigenvalue weighted by atomic mass is 16.7. The quantitative estimate of drug-likeness (QED) is 0.273. The van der Waals surface area contributed by atoms with Gasteiger partial charge in [-0.25, -0.2) is 0 Å². The number of carbonyl (C=O) groups excluding carboxylic acids is 3. The molecule has 0 radical (unpaired) electrons. The van der Waals surface area contributed by atoms with E-state index in [1.807, 2.05) is 0 Å². The lowest BCUT2D eigenvalue weighted by molar-refractivity contribution is -0.259. The maximum absolute atomic E-state index is 11.3. The normalized spacial score (nSPS) is 28.7. The van der Waals surface area contributed by atoms with Crippen LogP contribution in [0.4, 0.5) is 0 Å². The van der Waals surface area contributed by atoms with E-state index < -0.39 is 48.6 Å². The van der Waals surface area contributed by atoms with E-state index in [2.05, 4.69) is 5.92 Å². The Morgan fingerprint density at radius 1 is 1.17 bits per heavy atom. The highest BCUT2D eigenvalue weighted by Crippen LogP contribution is 2.34. The lowest BCUT2D eigenvalue weighted by Gasteiger charge is -2.28. The zero-order chi connectivity index (χ0) is 18.3. The summed E-state index contributed by atoms with van der Waals surface area (Å²) in [6.45, 7) is 2.56. The first-order valence-corrected chi connectivity index (χ1v) is 7.08. The van der Waals surface area contributed by atoms with Crippen LogP contribution in [0.1, 0.15) is 20.8 Å². The summed E-state index contributed by atoms with van der Waals surface area (Å²) in [5.74, 6) is -1.93. The van der Waals surface area contributed by atoms with E-state index in [4.69, 9.17) is 30.1 Å². The fourth-order valence-corrected chi connectivity index (χ4v) is 2.22. The Hall–Kier alpha value is -2.15. The van der Waals surface area contributed by atoms with Gasteiger partial charge in [0.2, 0.25) is 5.79 Å². The van der Waals surface area contributed by atoms with Gasteiger partial charge in [0.05, 0.1) is 0 Å². The monoisotopic (exact) mass is 344 g/mol. The van der Waals surface area contributed by atoms with Crippen molar-refractivity contribution >= 4 is 17.9 Å². The molecule has 1 heterocycles. The van der Waals surface area contributed by atoms with Gasteiger partial charge in [0, 0.05) is 20.8 Å². The Balaban J connectivity index is 3.03. The molecule has 1 rings (SSSR count). The Labute approximate surface area is 139 Å². The topological polar surface area (TPSA) is 118 Å². The molecule has 0 spiro atoms. The molecule has 1 fully saturated rings. The molecule has 0 aromatic carbocycles. The fourth-order valence-electron chi connectivity index (χ4n) is 2.22. The van der Waals surface area contributed by atoms with Crippen LogP contribution in [0.25, 0.3) is 0 Å². The summed E-state index contributed by atoms with van der Waals surface area (Å²) in [6.07, 6.45) is 1.44. The van der Waals surface area contributed by atoms with Crippen LogP contribution in [0, 0.1) is 12.3 Å². The molecular formula is C15H20O9. The summed E-state index contributed by atoms with van der Waals surface area (Å²) in [4.78, 5) is 33.6. The minimum Gasteiger partial charge on any atom is -0.463 e. The zero-order valence-corrected chi connectivity index (χ0v) is 13.6. The molecular weight excluding hydrogens is 324 g/mol. The first-order chi connectivity index (χ1) is 11.2. The van der Waals surface area contributed by atoms with Crippen molar-refractivity contribution in [2.24, 2.45) is 0 Å². The number of ether oxygens (including phenoxy) is 5. The van der Waals surface area contributed by atoms with E-state index in [-0.39, 0.29) is 13.2 Å². The second-order valence-corrected chi connectivity index (χ2v) is 5.10. The highest BCUT2D eigenvalue weighted by Gasteiger charge is 2.59. The van der Waals surface area contributed by atoms with Crippen LogP contribution in [-0.2, 0) is 38.1 Å². The number of hydrogen-bond donors (Lipinski definition) is 1. The number of rotatable bonds is 7. The van der Waals surface area contributed by atoms with E-state index in [1.54, 1.807) is 0 Å². The maximum Gasteiger partial charge on any atom is 0.303 e. The van der Waals surface area contributed by atoms with Gasteiger partial charge < -0.3 is 28.8 Å². The van der Waals surface area contributed by atoms with Crippen LogP contribution < -0.4 is 0 Å². The average Bonchev–Trinajstić information content (AvgIpc) is 2.70. The van der Waals surface area contributed by atoms with E-state index in [0.717, 1.165) is 13.8 Å². The smallest absolute Gasteiger partial charge is 0.303 e. The summed E-state index contributed by atoms with van der Waals surface area (Å²) in [6, 6.07) is 0. The second-order valence-electron chi connectivity index (χ2n) is 5.10. The van der Waals surface area contributed by atoms with Gasteiger partial charge >= 0.3 is 17.9 Å². The Bertz CT molecular complexity index is 524. The number of carbonyl (C=O) groups is 3. The number of aliphatic hydroxyl groups is 1. The van der Waals surface area contributed by atoms with Gasteiger partial charge in [-0.3, -0.25) is 14.4 Å². The molecule has 0 amide bonds. The number of terminal acetylenes is 1. The fraction of sp³-hybridized carbons (Fsp3) is 0.667. The predicted molar refractivity (Wildman–Crippen MR) is 77.2 cm³/mol. The summed E-state index contributed by atoms with van der Waals surface area (Å²) in [5.41, 5.74) is 0. The van der Waals surface area contributed by atoms with Crippen LogP contribution >= 0.6 is 0 Å². The van der Waals surface area contributed by atoms with Crippen molar-refractivity contribution in [1.29, 1.82) is 0 Å². The standard InChI is InChI=1S/C15H20O9/c1-5-6-20-8-15(19)14(23-11(4)18)13(22-10(3)17)12(24-15)7-21-9(2)16/h1,12-14,19H,6-8H2,2-4H3/t12-,13-,14+,15?/m1/s1. The third-order valence-electron chi connectivity index (χ3n) is 3.00. The van der Waals surface area contributed by atoms with Crippen LogP contribution in [0.2, 0.25) is 0 Å². The molecule has 0 aromatic rings. The van der Waals surface area contributed by atoms with Crippen molar-refractivity contribution in [2.75, 3.05) is 19.8 Å². The van der Waals surface area contributed by atoms with Crippen molar-refractivity contribution in [3.8, 4) is 12.3 Å². The van der Waals surface area contributed by atoms with Crippen molar-refractivity contribution < 1.29 is 43.2 Å². The summed E-state index contributed by atoms with van der Waals surface area (Å²) >= 11 is 0. The molecule has 1 aliphatic rings. The van der Waals surface area contributed by atoms with E-state index in [1.165, 1.54) is 6.92 Å². The van der Waals surface area contributed by atoms with Gasteiger partial charge in [0.25, 0.3) is 0 Å². The summed E-state index contributed by atoms with van der Waals surface area (Å²) < 4.78 is 25.4. The van der Waals surface area contributed by atoms with Crippen molar-refractivity contribution in [2.45, 2.75) is 44.9 Å². The van der Waals surface area contributed by atoms with Crippen molar-refractivity contribution in [3.05, 3.63) is 0 Å². The third kappa shape index (κ3) is 5.49. The molecule has 134 valence electrons. The van der Waals surface area contributed by atoms with Gasteiger partial charge in [-0.15, -0.1) is 6.42 Å². The molecule has 0 aromatic heterocycles. The van der Waals surface area contributed by atoms with Crippen LogP contribution in [-0.4, -0.2) is 66.9 Å². The molecule has 1 N–H and O–H groups in total. The SMILES string of the molecule is C#CCOCC1(O)O[C@H](COC(C)=O)[C@@H](OC(C)=O)[C@@H]1OC(C)=O. The Morgan fingerprint density at radius 2 is 1.79 bits per heavy atom. The Kier molecular flexibility index (Phi) is 7.16. The van der Waals surface area contributed by atoms with Gasteiger partial charge in [-0.2, -0.15) is 0 Å². The second kappa shape index (κ2) is 8.63. The molecule has 1 aliphatic heterocycles. The van der Waals surface area contributed by atoms with Crippen LogP contribution in [0.15, 0.2) is 0 Å². The average molecular weight is 344 g/mol. The number of hydrogen-bond acceptors (Lipinski definition) is 9. The molecule has 9 heteroatoms. The highest BCUT2D eigenvalue weighted by molar-refractivity contribution is 5.68. The van der Waals surface area contributed by atoms with E-state index in [9.17, 15) is 19.5 Å². The maximum atomic E-state index is 11.3. The lowest BCUT2D eigenvalue weighted by Crippen LogP contribution is -2.50. The predicted octanol–water partition coefficient (Wildman–Crippen LogP) is -0.850. The van der Waals surface area contributed by atoms with Crippen molar-refractivity contribution in [3.63, 3.8) is 0 Å². The molecule has 24 heavy (non-hydrogen) atoms. The minimum absolute atomic E-state index is 0.120. The molecule has 9 nitrogen and oxygen atoms in total. The molecule has 0 aliphatic carbocycles. The minimum atomic E-state index is -2.12. The molecule has 0 bridgehead atoms. The van der Waals surface area contributed by atoms with Crippen LogP contribution in [0.5, 0.6) is 0 Å². The zero-order valence-electron chi connectivity index (χ0n) is 13.6. The van der Waals surface area contributed by atoms with Crippen molar-refractivity contribution in [1.82, 2.24) is 0 Å². The first kappa shape index (κ1) is 19.9. The molecule has 1 unspecified atom stereocenters. The summed E-state index contributed by atoms with van der Waals surface area (Å²) in [5, 5.41) is 10.6. The molecule has 0 saturated carbocycles. The van der Waals surface area contributed by atoms with Gasteiger partial charge in [-0.05, 0) is 0 Å². The largest absolute Gasteiger partial charge is 0.463 e. The van der Waals surface area contributed by atoms with E-state index >= 15 is 0 Å². The van der Waals surface area contributed by atoms with Gasteiger partial charge in [0.15, 0.2) is 12.2 Å². The van der Waals surface area contributed by atoms with E-state index in [0.29, 0.717) is 0 Å². The van der Waals surface area contributed by atoms with Crippen LogP contribution in [0.3, 0.4) is 0 Å². The Morgan fingerprint density at radius 3 is 2.29 bits per heavy atom. The first-order valence-electron chi connectivity index (χ1n) is 7.08. The number of esters is 3.